The SMILES string of the molecule is CCN1CCC(N)C1c1cnc(C)s1. The first-order valence-corrected chi connectivity index (χ1v) is 5.96. The summed E-state index contributed by atoms with van der Waals surface area (Å²) in [6, 6.07) is 0.695. The third-order valence-electron chi connectivity index (χ3n) is 2.89. The molecule has 4 heteroatoms. The summed E-state index contributed by atoms with van der Waals surface area (Å²) in [6.07, 6.45) is 3.09. The second kappa shape index (κ2) is 3.96. The Morgan fingerprint density at radius 2 is 2.50 bits per heavy atom. The van der Waals surface area contributed by atoms with Crippen LogP contribution in [0.15, 0.2) is 6.20 Å². The Morgan fingerprint density at radius 3 is 3.07 bits per heavy atom. The minimum absolute atomic E-state index is 0.287. The predicted molar refractivity (Wildman–Crippen MR) is 59.4 cm³/mol. The molecular weight excluding hydrogens is 194 g/mol. The molecule has 2 unspecified atom stereocenters. The molecule has 0 aliphatic carbocycles. The van der Waals surface area contributed by atoms with Crippen LogP contribution in [0.4, 0.5) is 0 Å². The van der Waals surface area contributed by atoms with Crippen molar-refractivity contribution >= 4 is 11.3 Å². The summed E-state index contributed by atoms with van der Waals surface area (Å²) < 4.78 is 0. The van der Waals surface area contributed by atoms with E-state index in [1.807, 2.05) is 13.1 Å². The van der Waals surface area contributed by atoms with Gasteiger partial charge in [0.1, 0.15) is 0 Å². The van der Waals surface area contributed by atoms with Gasteiger partial charge in [-0.2, -0.15) is 0 Å². The highest BCUT2D eigenvalue weighted by Gasteiger charge is 2.32. The van der Waals surface area contributed by atoms with E-state index in [1.54, 1.807) is 11.3 Å². The second-order valence-electron chi connectivity index (χ2n) is 3.81. The van der Waals surface area contributed by atoms with Gasteiger partial charge in [0.25, 0.3) is 0 Å². The van der Waals surface area contributed by atoms with Crippen molar-refractivity contribution < 1.29 is 0 Å². The zero-order valence-electron chi connectivity index (χ0n) is 8.73. The molecule has 3 nitrogen and oxygen atoms in total. The lowest BCUT2D eigenvalue weighted by atomic mass is 10.1. The second-order valence-corrected chi connectivity index (χ2v) is 5.07. The lowest BCUT2D eigenvalue weighted by Crippen LogP contribution is -2.31. The van der Waals surface area contributed by atoms with Crippen LogP contribution in [0.3, 0.4) is 0 Å². The maximum Gasteiger partial charge on any atom is 0.0897 e. The topological polar surface area (TPSA) is 42.1 Å². The largest absolute Gasteiger partial charge is 0.326 e. The van der Waals surface area contributed by atoms with E-state index in [0.717, 1.165) is 24.5 Å². The van der Waals surface area contributed by atoms with Gasteiger partial charge in [0.2, 0.25) is 0 Å². The number of hydrogen-bond donors (Lipinski definition) is 1. The van der Waals surface area contributed by atoms with Crippen molar-refractivity contribution in [3.8, 4) is 0 Å². The molecule has 14 heavy (non-hydrogen) atoms. The van der Waals surface area contributed by atoms with E-state index in [0.29, 0.717) is 6.04 Å². The number of hydrogen-bond acceptors (Lipinski definition) is 4. The van der Waals surface area contributed by atoms with Crippen molar-refractivity contribution in [2.75, 3.05) is 13.1 Å². The number of nitrogens with zero attached hydrogens (tertiary/aromatic N) is 2. The Balaban J connectivity index is 2.22. The highest BCUT2D eigenvalue weighted by molar-refractivity contribution is 7.11. The predicted octanol–water partition coefficient (Wildman–Crippen LogP) is 1.55. The summed E-state index contributed by atoms with van der Waals surface area (Å²) in [5, 5.41) is 1.13. The van der Waals surface area contributed by atoms with Gasteiger partial charge < -0.3 is 5.73 Å². The van der Waals surface area contributed by atoms with E-state index in [2.05, 4.69) is 16.8 Å². The van der Waals surface area contributed by atoms with Crippen LogP contribution in [-0.2, 0) is 0 Å². The lowest BCUT2D eigenvalue weighted by molar-refractivity contribution is 0.264. The van der Waals surface area contributed by atoms with Crippen LogP contribution in [0.1, 0.15) is 29.3 Å². The highest BCUT2D eigenvalue weighted by atomic mass is 32.1. The van der Waals surface area contributed by atoms with E-state index in [1.165, 1.54) is 4.88 Å². The van der Waals surface area contributed by atoms with Crippen LogP contribution in [-0.4, -0.2) is 29.0 Å². The zero-order valence-corrected chi connectivity index (χ0v) is 9.55. The maximum absolute atomic E-state index is 6.12. The van der Waals surface area contributed by atoms with Gasteiger partial charge in [0.15, 0.2) is 0 Å². The van der Waals surface area contributed by atoms with E-state index in [4.69, 9.17) is 5.73 Å². The maximum atomic E-state index is 6.12. The van der Waals surface area contributed by atoms with E-state index in [9.17, 15) is 0 Å². The van der Waals surface area contributed by atoms with Crippen molar-refractivity contribution in [2.45, 2.75) is 32.4 Å². The number of likely N-dealkylation sites (tertiary alicyclic amines) is 1. The van der Waals surface area contributed by atoms with Gasteiger partial charge in [-0.3, -0.25) is 4.90 Å². The van der Waals surface area contributed by atoms with Gasteiger partial charge in [0.05, 0.1) is 11.0 Å². The monoisotopic (exact) mass is 211 g/mol. The standard InChI is InChI=1S/C10H17N3S/c1-3-13-5-4-8(11)10(13)9-6-12-7(2)14-9/h6,8,10H,3-5,11H2,1-2H3. The van der Waals surface area contributed by atoms with Crippen molar-refractivity contribution in [3.63, 3.8) is 0 Å². The zero-order chi connectivity index (χ0) is 10.1. The average Bonchev–Trinajstić information content (AvgIpc) is 2.71. The number of thiazole rings is 1. The summed E-state index contributed by atoms with van der Waals surface area (Å²) in [5.74, 6) is 0. The summed E-state index contributed by atoms with van der Waals surface area (Å²) in [6.45, 7) is 6.44. The Morgan fingerprint density at radius 1 is 1.71 bits per heavy atom. The first-order valence-electron chi connectivity index (χ1n) is 5.14. The number of rotatable bonds is 2. The normalized spacial score (nSPS) is 28.5. The molecule has 0 bridgehead atoms. The van der Waals surface area contributed by atoms with Crippen molar-refractivity contribution in [2.24, 2.45) is 5.73 Å². The smallest absolute Gasteiger partial charge is 0.0897 e. The van der Waals surface area contributed by atoms with Crippen molar-refractivity contribution in [1.82, 2.24) is 9.88 Å². The van der Waals surface area contributed by atoms with Crippen molar-refractivity contribution in [3.05, 3.63) is 16.1 Å². The average molecular weight is 211 g/mol. The quantitative estimate of drug-likeness (QED) is 0.807. The van der Waals surface area contributed by atoms with Gasteiger partial charge in [-0.05, 0) is 19.9 Å². The van der Waals surface area contributed by atoms with Crippen LogP contribution in [0.5, 0.6) is 0 Å². The molecule has 2 atom stereocenters. The third-order valence-corrected chi connectivity index (χ3v) is 3.87. The third kappa shape index (κ3) is 1.69. The molecule has 1 aliphatic rings. The summed E-state index contributed by atoms with van der Waals surface area (Å²) in [5.41, 5.74) is 6.12. The molecule has 1 fully saturated rings. The Labute approximate surface area is 88.9 Å². The lowest BCUT2D eigenvalue weighted by Gasteiger charge is -2.23. The first kappa shape index (κ1) is 10.1. The molecule has 2 rings (SSSR count). The van der Waals surface area contributed by atoms with Gasteiger partial charge in [0, 0.05) is 23.7 Å². The van der Waals surface area contributed by atoms with Gasteiger partial charge in [-0.15, -0.1) is 11.3 Å². The highest BCUT2D eigenvalue weighted by Crippen LogP contribution is 2.33. The molecule has 1 aromatic heterocycles. The molecule has 0 aromatic carbocycles. The van der Waals surface area contributed by atoms with E-state index >= 15 is 0 Å². The van der Waals surface area contributed by atoms with Crippen LogP contribution in [0.2, 0.25) is 0 Å². The van der Waals surface area contributed by atoms with Gasteiger partial charge in [-0.25, -0.2) is 4.98 Å². The van der Waals surface area contributed by atoms with E-state index < -0.39 is 0 Å². The number of aryl methyl sites for hydroxylation is 1. The molecule has 2 heterocycles. The molecule has 2 N–H and O–H groups in total. The summed E-state index contributed by atoms with van der Waals surface area (Å²) in [4.78, 5) is 8.07. The van der Waals surface area contributed by atoms with Gasteiger partial charge >= 0.3 is 0 Å². The first-order chi connectivity index (χ1) is 6.72. The molecule has 1 aliphatic heterocycles. The molecule has 0 saturated carbocycles. The van der Waals surface area contributed by atoms with Crippen LogP contribution in [0, 0.1) is 6.92 Å². The van der Waals surface area contributed by atoms with Crippen LogP contribution in [0.25, 0.3) is 0 Å². The molecule has 0 amide bonds. The molecule has 0 radical (unpaired) electrons. The molecule has 1 aromatic rings. The minimum atomic E-state index is 0.287. The summed E-state index contributed by atoms with van der Waals surface area (Å²) in [7, 11) is 0. The summed E-state index contributed by atoms with van der Waals surface area (Å²) >= 11 is 1.78. The van der Waals surface area contributed by atoms with E-state index in [-0.39, 0.29) is 6.04 Å². The molecule has 78 valence electrons. The molecule has 1 saturated heterocycles. The van der Waals surface area contributed by atoms with Gasteiger partial charge in [-0.1, -0.05) is 6.92 Å². The fourth-order valence-corrected chi connectivity index (χ4v) is 3.14. The Kier molecular flexibility index (Phi) is 2.85. The fourth-order valence-electron chi connectivity index (χ4n) is 2.14. The van der Waals surface area contributed by atoms with Crippen LogP contribution < -0.4 is 5.73 Å². The minimum Gasteiger partial charge on any atom is -0.326 e. The Hall–Kier alpha value is -0.450. The fraction of sp³-hybridized carbons (Fsp3) is 0.700. The number of aromatic nitrogens is 1. The van der Waals surface area contributed by atoms with Crippen LogP contribution >= 0.6 is 11.3 Å². The van der Waals surface area contributed by atoms with Crippen molar-refractivity contribution in [1.29, 1.82) is 0 Å². The Bertz CT molecular complexity index is 310. The molecular formula is C10H17N3S. The number of nitrogens with two attached hydrogens (primary N) is 1. The molecule has 0 spiro atoms. The number of likely N-dealkylation sites (N-methyl/N-ethyl adjacent to an activating group) is 1.